The summed E-state index contributed by atoms with van der Waals surface area (Å²) < 4.78 is 10.5. The molecule has 4 amide bonds. The number of alkyl carbamates (subject to hydrolysis) is 1. The third-order valence-electron chi connectivity index (χ3n) is 8.01. The molecule has 0 heterocycles. The van der Waals surface area contributed by atoms with Gasteiger partial charge in [0.05, 0.1) is 6.04 Å². The Morgan fingerprint density at radius 1 is 0.642 bits per heavy atom. The van der Waals surface area contributed by atoms with Gasteiger partial charge in [-0.2, -0.15) is 0 Å². The number of carbonyl (C=O) groups excluding carboxylic acids is 5. The van der Waals surface area contributed by atoms with Crippen LogP contribution in [0.25, 0.3) is 0 Å². The summed E-state index contributed by atoms with van der Waals surface area (Å²) in [5.41, 5.74) is 6.26. The minimum absolute atomic E-state index is 0.0846. The molecule has 0 radical (unpaired) electrons. The highest BCUT2D eigenvalue weighted by Crippen LogP contribution is 2.37. The van der Waals surface area contributed by atoms with E-state index in [0.29, 0.717) is 19.4 Å². The molecule has 0 bridgehead atoms. The van der Waals surface area contributed by atoms with Crippen LogP contribution in [0.15, 0.2) is 91.0 Å². The molecule has 0 unspecified atom stereocenters. The first-order valence-electron chi connectivity index (χ1n) is 18.0. The third-order valence-corrected chi connectivity index (χ3v) is 8.01. The molecule has 0 saturated carbocycles. The average Bonchev–Trinajstić information content (AvgIpc) is 3.10. The van der Waals surface area contributed by atoms with Crippen molar-refractivity contribution in [2.24, 2.45) is 5.73 Å². The Bertz CT molecular complexity index is 1540. The van der Waals surface area contributed by atoms with Crippen LogP contribution in [0.1, 0.15) is 90.3 Å². The summed E-state index contributed by atoms with van der Waals surface area (Å²) in [6.45, 7) is 10.4. The van der Waals surface area contributed by atoms with Crippen LogP contribution >= 0.6 is 0 Å². The van der Waals surface area contributed by atoms with Gasteiger partial charge in [-0.3, -0.25) is 19.2 Å². The molecule has 286 valence electrons. The number of esters is 1. The van der Waals surface area contributed by atoms with Crippen molar-refractivity contribution in [1.82, 2.24) is 21.3 Å². The average molecular weight is 730 g/mol. The summed E-state index contributed by atoms with van der Waals surface area (Å²) in [5, 5.41) is 11.2. The minimum Gasteiger partial charge on any atom is -0.459 e. The second-order valence-corrected chi connectivity index (χ2v) is 14.8. The summed E-state index contributed by atoms with van der Waals surface area (Å²) >= 11 is 0. The third kappa shape index (κ3) is 14.0. The minimum atomic E-state index is -1.19. The molecule has 2 atom stereocenters. The summed E-state index contributed by atoms with van der Waals surface area (Å²) in [6, 6.07) is 26.7. The summed E-state index contributed by atoms with van der Waals surface area (Å²) in [6.07, 6.45) is 0.582. The highest BCUT2D eigenvalue weighted by Gasteiger charge is 2.38. The van der Waals surface area contributed by atoms with E-state index in [1.54, 1.807) is 41.5 Å². The quantitative estimate of drug-likeness (QED) is 0.0745. The molecule has 0 aromatic heterocycles. The first-order valence-corrected chi connectivity index (χ1v) is 18.0. The predicted octanol–water partition coefficient (Wildman–Crippen LogP) is 4.84. The number of ether oxygens (including phenoxy) is 2. The summed E-state index contributed by atoms with van der Waals surface area (Å²) in [4.78, 5) is 64.9. The Hall–Kier alpha value is -5.23. The van der Waals surface area contributed by atoms with Crippen LogP contribution in [0.5, 0.6) is 0 Å². The van der Waals surface area contributed by atoms with Crippen LogP contribution in [0.3, 0.4) is 0 Å². The monoisotopic (exact) mass is 729 g/mol. The SMILES string of the molecule is CC(C)(C)OC(=O)CNC(=O)[C@H](CCC(=O)NC(c1ccccc1)(c1ccccc1)c1ccccc1)NC(=O)[C@@H](N)CCCCNC(=O)OC(C)(C)C. The number of rotatable bonds is 17. The van der Waals surface area contributed by atoms with Gasteiger partial charge in [0.15, 0.2) is 0 Å². The van der Waals surface area contributed by atoms with E-state index in [1.807, 2.05) is 91.0 Å². The van der Waals surface area contributed by atoms with E-state index in [-0.39, 0.29) is 25.2 Å². The van der Waals surface area contributed by atoms with E-state index < -0.39 is 59.2 Å². The maximum absolute atomic E-state index is 14.0. The van der Waals surface area contributed by atoms with E-state index in [1.165, 1.54) is 0 Å². The highest BCUT2D eigenvalue weighted by molar-refractivity contribution is 5.91. The molecule has 3 aromatic rings. The molecule has 3 aromatic carbocycles. The van der Waals surface area contributed by atoms with Crippen LogP contribution in [0.2, 0.25) is 0 Å². The van der Waals surface area contributed by atoms with Gasteiger partial charge in [-0.15, -0.1) is 0 Å². The zero-order valence-electron chi connectivity index (χ0n) is 31.7. The molecule has 3 rings (SSSR count). The summed E-state index contributed by atoms with van der Waals surface area (Å²) in [7, 11) is 0. The standard InChI is InChI=1S/C41H55N5O7/c1-39(2,3)52-35(48)28-44-37(50)33(45-36(49)32(42)24-16-17-27-43-38(51)53-40(4,5)6)25-26-34(47)46-41(29-18-10-7-11-19-29,30-20-12-8-13-21-30)31-22-14-9-15-23-31/h7-15,18-23,32-33H,16-17,24-28,42H2,1-6H3,(H,43,51)(H,44,50)(H,45,49)(H,46,47)/t32-,33-/m0/s1. The molecule has 0 spiro atoms. The Labute approximate surface area is 313 Å². The van der Waals surface area contributed by atoms with Crippen molar-refractivity contribution < 1.29 is 33.4 Å². The zero-order valence-corrected chi connectivity index (χ0v) is 31.7. The van der Waals surface area contributed by atoms with Crippen molar-refractivity contribution in [3.63, 3.8) is 0 Å². The van der Waals surface area contributed by atoms with E-state index in [2.05, 4.69) is 21.3 Å². The van der Waals surface area contributed by atoms with Crippen LogP contribution < -0.4 is 27.0 Å². The lowest BCUT2D eigenvalue weighted by molar-refractivity contribution is -0.154. The second-order valence-electron chi connectivity index (χ2n) is 14.8. The van der Waals surface area contributed by atoms with Crippen LogP contribution in [0, 0.1) is 0 Å². The second kappa shape index (κ2) is 19.6. The molecule has 12 heteroatoms. The molecular formula is C41H55N5O7. The molecule has 0 aliphatic carbocycles. The zero-order chi connectivity index (χ0) is 39.1. The Kier molecular flexibility index (Phi) is 15.6. The van der Waals surface area contributed by atoms with Gasteiger partial charge in [0.25, 0.3) is 0 Å². The Morgan fingerprint density at radius 2 is 1.13 bits per heavy atom. The van der Waals surface area contributed by atoms with E-state index in [9.17, 15) is 24.0 Å². The molecule has 0 saturated heterocycles. The first-order chi connectivity index (χ1) is 25.0. The van der Waals surface area contributed by atoms with Crippen molar-refractivity contribution >= 4 is 29.8 Å². The lowest BCUT2D eigenvalue weighted by Gasteiger charge is -2.37. The fraction of sp³-hybridized carbons (Fsp3) is 0.439. The van der Waals surface area contributed by atoms with Gasteiger partial charge in [-0.1, -0.05) is 91.0 Å². The lowest BCUT2D eigenvalue weighted by atomic mass is 9.77. The number of unbranched alkanes of at least 4 members (excludes halogenated alkanes) is 1. The Morgan fingerprint density at radius 3 is 1.60 bits per heavy atom. The topological polar surface area (TPSA) is 178 Å². The number of hydrogen-bond acceptors (Lipinski definition) is 8. The highest BCUT2D eigenvalue weighted by atomic mass is 16.6. The summed E-state index contributed by atoms with van der Waals surface area (Å²) in [5.74, 6) is -2.27. The largest absolute Gasteiger partial charge is 0.459 e. The van der Waals surface area contributed by atoms with Crippen molar-refractivity contribution in [2.75, 3.05) is 13.1 Å². The fourth-order valence-electron chi connectivity index (χ4n) is 5.66. The van der Waals surface area contributed by atoms with Crippen LogP contribution in [-0.2, 0) is 34.2 Å². The maximum Gasteiger partial charge on any atom is 0.407 e. The normalized spacial score (nSPS) is 12.8. The lowest BCUT2D eigenvalue weighted by Crippen LogP contribution is -2.53. The smallest absolute Gasteiger partial charge is 0.407 e. The van der Waals surface area contributed by atoms with Crippen molar-refractivity contribution in [3.05, 3.63) is 108 Å². The van der Waals surface area contributed by atoms with E-state index in [0.717, 1.165) is 16.7 Å². The molecule has 53 heavy (non-hydrogen) atoms. The molecule has 0 aliphatic rings. The number of carbonyl (C=O) groups is 5. The van der Waals surface area contributed by atoms with E-state index in [4.69, 9.17) is 15.2 Å². The van der Waals surface area contributed by atoms with Gasteiger partial charge in [0.2, 0.25) is 17.7 Å². The van der Waals surface area contributed by atoms with Crippen molar-refractivity contribution in [3.8, 4) is 0 Å². The maximum atomic E-state index is 14.0. The van der Waals surface area contributed by atoms with Gasteiger partial charge in [-0.05, 0) is 83.9 Å². The molecule has 6 N–H and O–H groups in total. The number of nitrogens with one attached hydrogen (secondary N) is 4. The first kappa shape index (κ1) is 42.2. The molecule has 0 aliphatic heterocycles. The van der Waals surface area contributed by atoms with Gasteiger partial charge in [0.1, 0.15) is 29.3 Å². The van der Waals surface area contributed by atoms with Crippen molar-refractivity contribution in [2.45, 2.75) is 102 Å². The van der Waals surface area contributed by atoms with Gasteiger partial charge in [0, 0.05) is 13.0 Å². The van der Waals surface area contributed by atoms with Crippen LogP contribution in [-0.4, -0.2) is 66.2 Å². The predicted molar refractivity (Wildman–Crippen MR) is 203 cm³/mol. The number of hydrogen-bond donors (Lipinski definition) is 5. The van der Waals surface area contributed by atoms with Gasteiger partial charge < -0.3 is 36.5 Å². The van der Waals surface area contributed by atoms with Crippen molar-refractivity contribution in [1.29, 1.82) is 0 Å². The Balaban J connectivity index is 1.76. The van der Waals surface area contributed by atoms with Gasteiger partial charge >= 0.3 is 12.1 Å². The van der Waals surface area contributed by atoms with Gasteiger partial charge in [-0.25, -0.2) is 4.79 Å². The van der Waals surface area contributed by atoms with E-state index >= 15 is 0 Å². The molecule has 12 nitrogen and oxygen atoms in total. The number of amides is 4. The fourth-order valence-corrected chi connectivity index (χ4v) is 5.66. The molecular weight excluding hydrogens is 674 g/mol. The number of nitrogens with two attached hydrogens (primary N) is 1. The van der Waals surface area contributed by atoms with Crippen LogP contribution in [0.4, 0.5) is 4.79 Å². The molecule has 0 fully saturated rings. The number of benzene rings is 3.